The second-order valence-electron chi connectivity index (χ2n) is 13.3. The van der Waals surface area contributed by atoms with Crippen LogP contribution in [0, 0.1) is 33.5 Å². The molecule has 33 heavy (non-hydrogen) atoms. The van der Waals surface area contributed by atoms with Crippen molar-refractivity contribution in [2.75, 3.05) is 6.61 Å². The van der Waals surface area contributed by atoms with Gasteiger partial charge in [-0.15, -0.1) is 0 Å². The highest BCUT2D eigenvalue weighted by molar-refractivity contribution is 5.83. The van der Waals surface area contributed by atoms with Crippen LogP contribution in [0.25, 0.3) is 0 Å². The van der Waals surface area contributed by atoms with E-state index in [1.807, 2.05) is 6.92 Å². The van der Waals surface area contributed by atoms with E-state index in [4.69, 9.17) is 4.74 Å². The number of ether oxygens (including phenoxy) is 1. The molecule has 1 spiro atoms. The summed E-state index contributed by atoms with van der Waals surface area (Å²) in [4.78, 5) is 12.6. The van der Waals surface area contributed by atoms with Gasteiger partial charge in [-0.05, 0) is 80.5 Å². The summed E-state index contributed by atoms with van der Waals surface area (Å²) in [6.07, 6.45) is 9.12. The Morgan fingerprint density at radius 1 is 1.03 bits per heavy atom. The summed E-state index contributed by atoms with van der Waals surface area (Å²) in [7, 11) is 0. The molecule has 9 atom stereocenters. The Morgan fingerprint density at radius 2 is 1.76 bits per heavy atom. The fourth-order valence-electron chi connectivity index (χ4n) is 10.1. The molecule has 0 aromatic carbocycles. The molecule has 4 heteroatoms. The fraction of sp³-hybridized carbons (Fsp3) is 0.897. The normalized spacial score (nSPS) is 53.7. The number of fused-ring (bicyclic) bond motifs is 5. The van der Waals surface area contributed by atoms with Crippen molar-refractivity contribution in [2.45, 2.75) is 124 Å². The third-order valence-corrected chi connectivity index (χ3v) is 12.5. The van der Waals surface area contributed by atoms with Gasteiger partial charge in [0.05, 0.1) is 18.3 Å². The van der Waals surface area contributed by atoms with E-state index >= 15 is 0 Å². The molecule has 4 nitrogen and oxygen atoms in total. The van der Waals surface area contributed by atoms with Gasteiger partial charge < -0.3 is 14.9 Å². The van der Waals surface area contributed by atoms with Crippen LogP contribution in [-0.2, 0) is 9.53 Å². The lowest BCUT2D eigenvalue weighted by atomic mass is 9.42. The first-order valence-electron chi connectivity index (χ1n) is 13.7. The van der Waals surface area contributed by atoms with Crippen LogP contribution in [0.1, 0.15) is 106 Å². The number of ketones is 1. The van der Waals surface area contributed by atoms with Gasteiger partial charge in [-0.1, -0.05) is 52.7 Å². The zero-order valence-electron chi connectivity index (χ0n) is 21.8. The first-order valence-corrected chi connectivity index (χ1v) is 13.7. The minimum atomic E-state index is -0.416. The Balaban J connectivity index is 1.56. The Morgan fingerprint density at radius 3 is 2.42 bits per heavy atom. The number of aliphatic hydroxyl groups excluding tert-OH is 2. The SMILES string of the molecule is CCC(=O)[C@H]1C[C@H](C)[C@@]2(CC[C@]3(C)C4=C(CC[C@]32C)[C@]2(C)CC[C@@H](O)[C@@](C)(CO)[C@H]2CC4)O1. The molecule has 0 radical (unpaired) electrons. The van der Waals surface area contributed by atoms with Crippen molar-refractivity contribution in [3.63, 3.8) is 0 Å². The van der Waals surface area contributed by atoms with E-state index in [2.05, 4.69) is 34.6 Å². The number of rotatable bonds is 3. The van der Waals surface area contributed by atoms with Crippen LogP contribution in [0.2, 0.25) is 0 Å². The Bertz CT molecular complexity index is 879. The van der Waals surface area contributed by atoms with Crippen molar-refractivity contribution in [2.24, 2.45) is 33.5 Å². The van der Waals surface area contributed by atoms with Crippen LogP contribution in [0.4, 0.5) is 0 Å². The monoisotopic (exact) mass is 458 g/mol. The molecule has 186 valence electrons. The smallest absolute Gasteiger partial charge is 0.161 e. The standard InChI is InChI=1S/C29H46O4/c1-7-21(31)22-16-18(2)29(33-22)15-14-27(5)20-8-9-23-25(3,19(20)10-13-28(27,29)6)12-11-24(32)26(23,4)17-30/h18,22-24,30,32H,7-17H2,1-6H3/t18-,22+,23-,24+,25-,26-,27+,28+,29+/m0/s1. The van der Waals surface area contributed by atoms with Gasteiger partial charge in [-0.3, -0.25) is 4.79 Å². The molecule has 0 aromatic heterocycles. The van der Waals surface area contributed by atoms with Crippen LogP contribution in [-0.4, -0.2) is 40.4 Å². The average molecular weight is 459 g/mol. The molecule has 2 N–H and O–H groups in total. The van der Waals surface area contributed by atoms with Crippen molar-refractivity contribution in [1.29, 1.82) is 0 Å². The maximum atomic E-state index is 12.6. The summed E-state index contributed by atoms with van der Waals surface area (Å²) < 4.78 is 6.85. The molecule has 1 heterocycles. The zero-order valence-corrected chi connectivity index (χ0v) is 21.8. The molecule has 0 amide bonds. The van der Waals surface area contributed by atoms with Crippen LogP contribution in [0.5, 0.6) is 0 Å². The third kappa shape index (κ3) is 2.72. The van der Waals surface area contributed by atoms with E-state index in [1.54, 1.807) is 11.1 Å². The van der Waals surface area contributed by atoms with Crippen LogP contribution >= 0.6 is 0 Å². The Labute approximate surface area is 200 Å². The van der Waals surface area contributed by atoms with Gasteiger partial charge in [-0.2, -0.15) is 0 Å². The molecule has 1 aliphatic heterocycles. The van der Waals surface area contributed by atoms with Gasteiger partial charge in [0.1, 0.15) is 6.10 Å². The molecule has 4 aliphatic carbocycles. The number of Topliss-reactive ketones (excluding diaryl/α,β-unsaturated/α-hetero) is 1. The van der Waals surface area contributed by atoms with Gasteiger partial charge in [0.15, 0.2) is 5.78 Å². The Hall–Kier alpha value is -0.710. The van der Waals surface area contributed by atoms with Crippen molar-refractivity contribution in [1.82, 2.24) is 0 Å². The zero-order chi connectivity index (χ0) is 24.0. The van der Waals surface area contributed by atoms with Gasteiger partial charge in [-0.25, -0.2) is 0 Å². The number of hydrogen-bond donors (Lipinski definition) is 2. The van der Waals surface area contributed by atoms with Crippen molar-refractivity contribution < 1.29 is 19.7 Å². The molecule has 1 saturated heterocycles. The van der Waals surface area contributed by atoms with Crippen LogP contribution < -0.4 is 0 Å². The predicted octanol–water partition coefficient (Wildman–Crippen LogP) is 5.60. The number of carbonyl (C=O) groups excluding carboxylic acids is 1. The van der Waals surface area contributed by atoms with E-state index in [9.17, 15) is 15.0 Å². The highest BCUT2D eigenvalue weighted by Crippen LogP contribution is 2.75. The van der Waals surface area contributed by atoms with Crippen molar-refractivity contribution >= 4 is 5.78 Å². The van der Waals surface area contributed by atoms with E-state index in [0.29, 0.717) is 18.3 Å². The topological polar surface area (TPSA) is 66.8 Å². The predicted molar refractivity (Wildman–Crippen MR) is 130 cm³/mol. The minimum Gasteiger partial charge on any atom is -0.396 e. The maximum absolute atomic E-state index is 12.6. The first-order chi connectivity index (χ1) is 15.4. The van der Waals surface area contributed by atoms with E-state index < -0.39 is 11.5 Å². The second kappa shape index (κ2) is 7.40. The van der Waals surface area contributed by atoms with Gasteiger partial charge in [0.2, 0.25) is 0 Å². The van der Waals surface area contributed by atoms with Gasteiger partial charge >= 0.3 is 0 Å². The summed E-state index contributed by atoms with van der Waals surface area (Å²) >= 11 is 0. The fourth-order valence-corrected chi connectivity index (χ4v) is 10.1. The largest absolute Gasteiger partial charge is 0.396 e. The molecular weight excluding hydrogens is 412 g/mol. The lowest BCUT2D eigenvalue weighted by Crippen LogP contribution is -2.59. The lowest BCUT2D eigenvalue weighted by molar-refractivity contribution is -0.164. The summed E-state index contributed by atoms with van der Waals surface area (Å²) in [6, 6.07) is 0. The summed E-state index contributed by atoms with van der Waals surface area (Å²) in [5.74, 6) is 0.999. The Kier molecular flexibility index (Phi) is 5.38. The lowest BCUT2D eigenvalue weighted by Gasteiger charge is -2.63. The van der Waals surface area contributed by atoms with E-state index in [-0.39, 0.29) is 40.3 Å². The van der Waals surface area contributed by atoms with E-state index in [1.165, 1.54) is 0 Å². The molecule has 0 bridgehead atoms. The first kappa shape index (κ1) is 24.0. The summed E-state index contributed by atoms with van der Waals surface area (Å²) in [6.45, 7) is 13.9. The quantitative estimate of drug-likeness (QED) is 0.541. The van der Waals surface area contributed by atoms with Crippen LogP contribution in [0.15, 0.2) is 11.1 Å². The van der Waals surface area contributed by atoms with Crippen molar-refractivity contribution in [3.8, 4) is 0 Å². The summed E-state index contributed by atoms with van der Waals surface area (Å²) in [5, 5.41) is 21.2. The minimum absolute atomic E-state index is 0.0404. The van der Waals surface area contributed by atoms with Gasteiger partial charge in [0, 0.05) is 17.3 Å². The molecule has 5 aliphatic rings. The number of allylic oxidation sites excluding steroid dienone is 2. The highest BCUT2D eigenvalue weighted by atomic mass is 16.5. The van der Waals surface area contributed by atoms with Gasteiger partial charge in [0.25, 0.3) is 0 Å². The van der Waals surface area contributed by atoms with E-state index in [0.717, 1.165) is 57.8 Å². The third-order valence-electron chi connectivity index (χ3n) is 12.5. The number of aliphatic hydroxyl groups is 2. The molecule has 0 aromatic rings. The summed E-state index contributed by atoms with van der Waals surface area (Å²) in [5.41, 5.74) is 2.90. The molecule has 2 saturated carbocycles. The number of hydrogen-bond acceptors (Lipinski definition) is 4. The molecule has 3 fully saturated rings. The molecular formula is C29H46O4. The molecule has 5 rings (SSSR count). The van der Waals surface area contributed by atoms with Crippen molar-refractivity contribution in [3.05, 3.63) is 11.1 Å². The number of carbonyl (C=O) groups is 1. The maximum Gasteiger partial charge on any atom is 0.161 e. The molecule has 0 unspecified atom stereocenters. The van der Waals surface area contributed by atoms with Crippen LogP contribution in [0.3, 0.4) is 0 Å². The second-order valence-corrected chi connectivity index (χ2v) is 13.3. The highest BCUT2D eigenvalue weighted by Gasteiger charge is 2.71. The average Bonchev–Trinajstić information content (AvgIpc) is 3.26.